The topological polar surface area (TPSA) is 32.3 Å². The van der Waals surface area contributed by atoms with Crippen LogP contribution < -0.4 is 5.32 Å². The van der Waals surface area contributed by atoms with Gasteiger partial charge in [0, 0.05) is 18.5 Å². The average Bonchev–Trinajstić information content (AvgIpc) is 2.98. The van der Waals surface area contributed by atoms with E-state index in [0.717, 1.165) is 38.4 Å². The van der Waals surface area contributed by atoms with Gasteiger partial charge in [-0.25, -0.2) is 0 Å². The van der Waals surface area contributed by atoms with Gasteiger partial charge in [0.05, 0.1) is 0 Å². The molecule has 1 aliphatic carbocycles. The molecule has 19 heavy (non-hydrogen) atoms. The molecule has 1 N–H and O–H groups in total. The molecule has 3 heteroatoms. The first-order chi connectivity index (χ1) is 9.36. The van der Waals surface area contributed by atoms with E-state index in [0.29, 0.717) is 17.9 Å². The van der Waals surface area contributed by atoms with E-state index in [9.17, 15) is 4.79 Å². The largest absolute Gasteiger partial charge is 0.339 e. The van der Waals surface area contributed by atoms with Gasteiger partial charge in [-0.1, -0.05) is 19.3 Å². The molecule has 3 aliphatic rings. The summed E-state index contributed by atoms with van der Waals surface area (Å²) in [5.74, 6) is 1.60. The monoisotopic (exact) mass is 264 g/mol. The van der Waals surface area contributed by atoms with Crippen LogP contribution in [0, 0.1) is 11.8 Å². The smallest absolute Gasteiger partial charge is 0.226 e. The molecule has 0 aromatic carbocycles. The van der Waals surface area contributed by atoms with Crippen LogP contribution in [0.3, 0.4) is 0 Å². The molecule has 1 atom stereocenters. The Bertz CT molecular complexity index is 306. The number of amides is 1. The molecule has 0 bridgehead atoms. The number of carbonyl (C=O) groups excluding carboxylic acids is 1. The van der Waals surface area contributed by atoms with Crippen molar-refractivity contribution in [3.05, 3.63) is 0 Å². The molecular weight excluding hydrogens is 236 g/mol. The summed E-state index contributed by atoms with van der Waals surface area (Å²) in [6, 6.07) is 0.586. The van der Waals surface area contributed by atoms with Crippen LogP contribution in [0.15, 0.2) is 0 Å². The molecule has 0 aromatic rings. The molecule has 2 aliphatic heterocycles. The molecule has 3 rings (SSSR count). The van der Waals surface area contributed by atoms with Crippen LogP contribution in [0.5, 0.6) is 0 Å². The van der Waals surface area contributed by atoms with Crippen LogP contribution >= 0.6 is 0 Å². The fraction of sp³-hybridized carbons (Fsp3) is 0.938. The second kappa shape index (κ2) is 6.25. The van der Waals surface area contributed by atoms with E-state index < -0.39 is 0 Å². The highest BCUT2D eigenvalue weighted by atomic mass is 16.2. The number of hydrogen-bond donors (Lipinski definition) is 1. The van der Waals surface area contributed by atoms with Gasteiger partial charge in [0.15, 0.2) is 0 Å². The predicted molar refractivity (Wildman–Crippen MR) is 76.9 cm³/mol. The van der Waals surface area contributed by atoms with Crippen molar-refractivity contribution in [2.75, 3.05) is 19.6 Å². The van der Waals surface area contributed by atoms with E-state index in [4.69, 9.17) is 0 Å². The first-order valence-corrected chi connectivity index (χ1v) is 8.37. The van der Waals surface area contributed by atoms with Gasteiger partial charge < -0.3 is 10.2 Å². The predicted octanol–water partition coefficient (Wildman–Crippen LogP) is 2.56. The lowest BCUT2D eigenvalue weighted by Crippen LogP contribution is -2.46. The molecule has 2 heterocycles. The van der Waals surface area contributed by atoms with Crippen molar-refractivity contribution < 1.29 is 4.79 Å². The summed E-state index contributed by atoms with van der Waals surface area (Å²) in [6.07, 6.45) is 11.5. The van der Waals surface area contributed by atoms with Crippen molar-refractivity contribution in [1.82, 2.24) is 10.2 Å². The maximum Gasteiger partial charge on any atom is 0.226 e. The molecule has 108 valence electrons. The van der Waals surface area contributed by atoms with Crippen LogP contribution in [0.2, 0.25) is 0 Å². The van der Waals surface area contributed by atoms with Gasteiger partial charge in [0.2, 0.25) is 5.91 Å². The molecule has 1 amide bonds. The molecule has 2 saturated heterocycles. The highest BCUT2D eigenvalue weighted by molar-refractivity contribution is 5.79. The summed E-state index contributed by atoms with van der Waals surface area (Å²) >= 11 is 0. The van der Waals surface area contributed by atoms with Gasteiger partial charge in [0.1, 0.15) is 0 Å². The van der Waals surface area contributed by atoms with Gasteiger partial charge in [0.25, 0.3) is 0 Å². The summed E-state index contributed by atoms with van der Waals surface area (Å²) in [5.41, 5.74) is 0. The van der Waals surface area contributed by atoms with E-state index in [1.165, 1.54) is 44.9 Å². The first kappa shape index (κ1) is 13.4. The number of hydrogen-bond acceptors (Lipinski definition) is 2. The van der Waals surface area contributed by atoms with Crippen LogP contribution in [0.4, 0.5) is 0 Å². The third-order valence-corrected chi connectivity index (χ3v) is 5.46. The lowest BCUT2D eigenvalue weighted by molar-refractivity contribution is -0.138. The fourth-order valence-corrected chi connectivity index (χ4v) is 4.38. The van der Waals surface area contributed by atoms with Crippen LogP contribution in [0.25, 0.3) is 0 Å². The third kappa shape index (κ3) is 2.96. The minimum absolute atomic E-state index is 0.311. The molecule has 0 spiro atoms. The van der Waals surface area contributed by atoms with Crippen LogP contribution in [0.1, 0.15) is 57.8 Å². The van der Waals surface area contributed by atoms with Crippen molar-refractivity contribution in [2.24, 2.45) is 11.8 Å². The summed E-state index contributed by atoms with van der Waals surface area (Å²) in [4.78, 5) is 15.0. The van der Waals surface area contributed by atoms with Crippen LogP contribution in [-0.2, 0) is 4.79 Å². The fourth-order valence-electron chi connectivity index (χ4n) is 4.38. The molecule has 3 nitrogen and oxygen atoms in total. The SMILES string of the molecule is O=C(C1CCNCC1)N1CCCC1C1CCCCC1. The molecule has 1 saturated carbocycles. The number of likely N-dealkylation sites (tertiary alicyclic amines) is 1. The molecule has 3 fully saturated rings. The number of nitrogens with one attached hydrogen (secondary N) is 1. The van der Waals surface area contributed by atoms with E-state index in [-0.39, 0.29) is 0 Å². The third-order valence-electron chi connectivity index (χ3n) is 5.46. The maximum absolute atomic E-state index is 12.8. The van der Waals surface area contributed by atoms with E-state index in [2.05, 4.69) is 10.2 Å². The Hall–Kier alpha value is -0.570. The highest BCUT2D eigenvalue weighted by Crippen LogP contribution is 2.35. The Morgan fingerprint density at radius 3 is 2.37 bits per heavy atom. The summed E-state index contributed by atoms with van der Waals surface area (Å²) in [6.45, 7) is 3.08. The quantitative estimate of drug-likeness (QED) is 0.831. The number of nitrogens with zero attached hydrogens (tertiary/aromatic N) is 1. The first-order valence-electron chi connectivity index (χ1n) is 8.37. The normalized spacial score (nSPS) is 30.7. The zero-order chi connectivity index (χ0) is 13.1. The Kier molecular flexibility index (Phi) is 4.42. The van der Waals surface area contributed by atoms with Crippen molar-refractivity contribution in [3.8, 4) is 0 Å². The Morgan fingerprint density at radius 2 is 1.63 bits per heavy atom. The molecule has 1 unspecified atom stereocenters. The molecule has 0 radical (unpaired) electrons. The minimum Gasteiger partial charge on any atom is -0.339 e. The van der Waals surface area contributed by atoms with Gasteiger partial charge >= 0.3 is 0 Å². The maximum atomic E-state index is 12.8. The Balaban J connectivity index is 1.62. The number of carbonyl (C=O) groups is 1. The van der Waals surface area contributed by atoms with Crippen molar-refractivity contribution in [3.63, 3.8) is 0 Å². The average molecular weight is 264 g/mol. The highest BCUT2D eigenvalue weighted by Gasteiger charge is 2.37. The summed E-state index contributed by atoms with van der Waals surface area (Å²) < 4.78 is 0. The van der Waals surface area contributed by atoms with Crippen LogP contribution in [-0.4, -0.2) is 36.5 Å². The second-order valence-electron chi connectivity index (χ2n) is 6.66. The summed E-state index contributed by atoms with van der Waals surface area (Å²) in [5, 5.41) is 3.36. The van der Waals surface area contributed by atoms with Crippen molar-refractivity contribution in [2.45, 2.75) is 63.8 Å². The lowest BCUT2D eigenvalue weighted by Gasteiger charge is -2.36. The second-order valence-corrected chi connectivity index (χ2v) is 6.66. The van der Waals surface area contributed by atoms with Gasteiger partial charge in [-0.2, -0.15) is 0 Å². The number of piperidine rings is 1. The zero-order valence-electron chi connectivity index (χ0n) is 12.1. The van der Waals surface area contributed by atoms with Gasteiger partial charge in [-0.15, -0.1) is 0 Å². The lowest BCUT2D eigenvalue weighted by atomic mass is 9.82. The minimum atomic E-state index is 0.311. The van der Waals surface area contributed by atoms with E-state index >= 15 is 0 Å². The number of rotatable bonds is 2. The van der Waals surface area contributed by atoms with E-state index in [1.54, 1.807) is 0 Å². The molecular formula is C16H28N2O. The molecule has 0 aromatic heterocycles. The Morgan fingerprint density at radius 1 is 0.895 bits per heavy atom. The van der Waals surface area contributed by atoms with Crippen molar-refractivity contribution >= 4 is 5.91 Å². The van der Waals surface area contributed by atoms with E-state index in [1.807, 2.05) is 0 Å². The van der Waals surface area contributed by atoms with Gasteiger partial charge in [-0.05, 0) is 57.5 Å². The Labute approximate surface area is 117 Å². The zero-order valence-corrected chi connectivity index (χ0v) is 12.1. The van der Waals surface area contributed by atoms with Gasteiger partial charge in [-0.3, -0.25) is 4.79 Å². The summed E-state index contributed by atoms with van der Waals surface area (Å²) in [7, 11) is 0. The standard InChI is InChI=1S/C16H28N2O/c19-16(14-8-10-17-11-9-14)18-12-4-7-15(18)13-5-2-1-3-6-13/h13-15,17H,1-12H2. The van der Waals surface area contributed by atoms with Crippen molar-refractivity contribution in [1.29, 1.82) is 0 Å².